The van der Waals surface area contributed by atoms with Gasteiger partial charge in [-0.3, -0.25) is 9.89 Å². The third kappa shape index (κ3) is 8.31. The van der Waals surface area contributed by atoms with E-state index in [1.54, 1.807) is 0 Å². The van der Waals surface area contributed by atoms with Crippen LogP contribution in [0.3, 0.4) is 0 Å². The highest BCUT2D eigenvalue weighted by atomic mass is 127. The fourth-order valence-corrected chi connectivity index (χ4v) is 2.72. The highest BCUT2D eigenvalue weighted by Crippen LogP contribution is 2.28. The van der Waals surface area contributed by atoms with Crippen molar-refractivity contribution in [2.24, 2.45) is 10.9 Å². The highest BCUT2D eigenvalue weighted by molar-refractivity contribution is 14.0. The van der Waals surface area contributed by atoms with Gasteiger partial charge in [-0.15, -0.1) is 24.0 Å². The van der Waals surface area contributed by atoms with Crippen molar-refractivity contribution in [2.45, 2.75) is 38.6 Å². The molecular formula is C17H35IN4O2. The summed E-state index contributed by atoms with van der Waals surface area (Å²) in [7, 11) is 1.82. The summed E-state index contributed by atoms with van der Waals surface area (Å²) in [6, 6.07) is 0. The van der Waals surface area contributed by atoms with E-state index in [1.807, 2.05) is 7.05 Å². The van der Waals surface area contributed by atoms with Crippen LogP contribution in [-0.2, 0) is 9.47 Å². The van der Waals surface area contributed by atoms with Gasteiger partial charge in [0.05, 0.1) is 13.2 Å². The van der Waals surface area contributed by atoms with Crippen LogP contribution in [0, 0.1) is 5.92 Å². The predicted molar refractivity (Wildman–Crippen MR) is 109 cm³/mol. The van der Waals surface area contributed by atoms with E-state index >= 15 is 0 Å². The Balaban J connectivity index is 0.00000288. The molecule has 1 saturated carbocycles. The molecule has 7 heteroatoms. The Labute approximate surface area is 164 Å². The van der Waals surface area contributed by atoms with E-state index in [0.29, 0.717) is 0 Å². The Hall–Kier alpha value is -0.120. The molecule has 1 aliphatic heterocycles. The number of nitrogens with one attached hydrogen (secondary N) is 2. The zero-order valence-corrected chi connectivity index (χ0v) is 17.8. The molecule has 0 aromatic heterocycles. The average Bonchev–Trinajstić information content (AvgIpc) is 3.38. The predicted octanol–water partition coefficient (Wildman–Crippen LogP) is 1.70. The summed E-state index contributed by atoms with van der Waals surface area (Å²) in [5, 5.41) is 6.81. The summed E-state index contributed by atoms with van der Waals surface area (Å²) in [5.41, 5.74) is 0.0920. The second-order valence-corrected chi connectivity index (χ2v) is 7.14. The number of hydrogen-bond donors (Lipinski definition) is 2. The summed E-state index contributed by atoms with van der Waals surface area (Å²) < 4.78 is 11.1. The van der Waals surface area contributed by atoms with E-state index < -0.39 is 0 Å². The normalized spacial score (nSPS) is 19.7. The van der Waals surface area contributed by atoms with E-state index in [9.17, 15) is 0 Å². The van der Waals surface area contributed by atoms with Crippen LogP contribution in [0.1, 0.15) is 33.1 Å². The van der Waals surface area contributed by atoms with Gasteiger partial charge in [0.15, 0.2) is 5.96 Å². The number of morpholine rings is 1. The van der Waals surface area contributed by atoms with Crippen molar-refractivity contribution in [3.05, 3.63) is 0 Å². The van der Waals surface area contributed by atoms with Crippen molar-refractivity contribution in [3.8, 4) is 0 Å². The summed E-state index contributed by atoms with van der Waals surface area (Å²) in [5.74, 6) is 1.72. The van der Waals surface area contributed by atoms with Gasteiger partial charge in [-0.05, 0) is 39.0 Å². The van der Waals surface area contributed by atoms with Crippen LogP contribution < -0.4 is 10.6 Å². The van der Waals surface area contributed by atoms with Gasteiger partial charge in [-0.25, -0.2) is 0 Å². The number of halogens is 1. The molecule has 2 fully saturated rings. The van der Waals surface area contributed by atoms with Crippen LogP contribution >= 0.6 is 24.0 Å². The minimum Gasteiger partial charge on any atom is -0.381 e. The minimum absolute atomic E-state index is 0. The van der Waals surface area contributed by atoms with Gasteiger partial charge >= 0.3 is 0 Å². The van der Waals surface area contributed by atoms with Crippen LogP contribution in [0.15, 0.2) is 4.99 Å². The Morgan fingerprint density at radius 1 is 1.25 bits per heavy atom. The van der Waals surface area contributed by atoms with Crippen molar-refractivity contribution in [1.82, 2.24) is 15.5 Å². The highest BCUT2D eigenvalue weighted by Gasteiger charge is 2.28. The Kier molecular flexibility index (Phi) is 10.5. The summed E-state index contributed by atoms with van der Waals surface area (Å²) >= 11 is 0. The third-order valence-electron chi connectivity index (χ3n) is 4.59. The molecule has 0 aromatic carbocycles. The Morgan fingerprint density at radius 3 is 2.58 bits per heavy atom. The smallest absolute Gasteiger partial charge is 0.191 e. The summed E-state index contributed by atoms with van der Waals surface area (Å²) in [6.07, 6.45) is 3.72. The van der Waals surface area contributed by atoms with E-state index in [4.69, 9.17) is 9.47 Å². The van der Waals surface area contributed by atoms with Gasteiger partial charge in [-0.1, -0.05) is 0 Å². The lowest BCUT2D eigenvalue weighted by Gasteiger charge is -2.41. The molecule has 0 atom stereocenters. The summed E-state index contributed by atoms with van der Waals surface area (Å²) in [6.45, 7) is 11.7. The quantitative estimate of drug-likeness (QED) is 0.241. The third-order valence-corrected chi connectivity index (χ3v) is 4.59. The molecule has 1 aliphatic carbocycles. The number of hydrogen-bond acceptors (Lipinski definition) is 4. The molecule has 0 aromatic rings. The monoisotopic (exact) mass is 454 g/mol. The van der Waals surface area contributed by atoms with Crippen LogP contribution in [0.4, 0.5) is 0 Å². The first-order valence-corrected chi connectivity index (χ1v) is 8.97. The minimum atomic E-state index is 0. The van der Waals surface area contributed by atoms with Crippen LogP contribution in [0.2, 0.25) is 0 Å². The standard InChI is InChI=1S/C17H34N4O2.HI/c1-17(2,21-8-11-22-12-9-21)14-20-16(18-3)19-7-4-10-23-13-15-5-6-15;/h15H,4-14H2,1-3H3,(H2,18,19,20);1H. The zero-order chi connectivity index (χ0) is 16.5. The van der Waals surface area contributed by atoms with Gasteiger partial charge in [0.2, 0.25) is 0 Å². The van der Waals surface area contributed by atoms with E-state index in [1.165, 1.54) is 12.8 Å². The first kappa shape index (κ1) is 21.9. The number of nitrogens with zero attached hydrogens (tertiary/aromatic N) is 2. The second kappa shape index (κ2) is 11.5. The number of rotatable bonds is 9. The molecule has 1 heterocycles. The molecule has 24 heavy (non-hydrogen) atoms. The number of ether oxygens (including phenoxy) is 2. The van der Waals surface area contributed by atoms with E-state index in [2.05, 4.69) is 34.4 Å². The Morgan fingerprint density at radius 2 is 1.96 bits per heavy atom. The first-order valence-electron chi connectivity index (χ1n) is 8.97. The lowest BCUT2D eigenvalue weighted by atomic mass is 10.0. The molecule has 1 saturated heterocycles. The summed E-state index contributed by atoms with van der Waals surface area (Å²) in [4.78, 5) is 6.78. The molecule has 2 rings (SSSR count). The van der Waals surface area contributed by atoms with Gasteiger partial charge in [0.1, 0.15) is 0 Å². The molecular weight excluding hydrogens is 419 g/mol. The Bertz CT molecular complexity index is 370. The van der Waals surface area contributed by atoms with Gasteiger partial charge in [0, 0.05) is 52.0 Å². The van der Waals surface area contributed by atoms with Crippen molar-refractivity contribution in [1.29, 1.82) is 0 Å². The molecule has 0 spiro atoms. The molecule has 0 radical (unpaired) electrons. The van der Waals surface area contributed by atoms with E-state index in [0.717, 1.165) is 70.9 Å². The fourth-order valence-electron chi connectivity index (χ4n) is 2.72. The maximum absolute atomic E-state index is 5.65. The van der Waals surface area contributed by atoms with Crippen molar-refractivity contribution >= 4 is 29.9 Å². The molecule has 0 unspecified atom stereocenters. The fraction of sp³-hybridized carbons (Fsp3) is 0.941. The topological polar surface area (TPSA) is 58.1 Å². The zero-order valence-electron chi connectivity index (χ0n) is 15.5. The van der Waals surface area contributed by atoms with Crippen molar-refractivity contribution < 1.29 is 9.47 Å². The lowest BCUT2D eigenvalue weighted by molar-refractivity contribution is -0.00834. The maximum atomic E-state index is 5.65. The van der Waals surface area contributed by atoms with Crippen LogP contribution in [0.5, 0.6) is 0 Å². The molecule has 142 valence electrons. The van der Waals surface area contributed by atoms with Gasteiger partial charge in [0.25, 0.3) is 0 Å². The van der Waals surface area contributed by atoms with Crippen molar-refractivity contribution in [3.63, 3.8) is 0 Å². The molecule has 6 nitrogen and oxygen atoms in total. The second-order valence-electron chi connectivity index (χ2n) is 7.14. The molecule has 2 N–H and O–H groups in total. The average molecular weight is 454 g/mol. The largest absolute Gasteiger partial charge is 0.381 e. The van der Waals surface area contributed by atoms with Crippen molar-refractivity contribution in [2.75, 3.05) is 59.7 Å². The molecule has 0 bridgehead atoms. The number of guanidine groups is 1. The molecule has 0 amide bonds. The maximum Gasteiger partial charge on any atom is 0.191 e. The lowest BCUT2D eigenvalue weighted by Crippen LogP contribution is -2.56. The van der Waals surface area contributed by atoms with Crippen LogP contribution in [-0.4, -0.2) is 76.1 Å². The van der Waals surface area contributed by atoms with Crippen LogP contribution in [0.25, 0.3) is 0 Å². The van der Waals surface area contributed by atoms with E-state index in [-0.39, 0.29) is 29.5 Å². The number of aliphatic imine (C=N–C) groups is 1. The first-order chi connectivity index (χ1) is 11.1. The molecule has 2 aliphatic rings. The van der Waals surface area contributed by atoms with Gasteiger partial charge < -0.3 is 20.1 Å². The van der Waals surface area contributed by atoms with Gasteiger partial charge in [-0.2, -0.15) is 0 Å². The SMILES string of the molecule is CN=C(NCCCOCC1CC1)NCC(C)(C)N1CCOCC1.I.